The summed E-state index contributed by atoms with van der Waals surface area (Å²) in [6, 6.07) is 12.0. The molecule has 3 N–H and O–H groups in total. The molecule has 2 aromatic carbocycles. The van der Waals surface area contributed by atoms with Gasteiger partial charge in [0.2, 0.25) is 0 Å². The number of aromatic hydroxyl groups is 1. The second kappa shape index (κ2) is 9.09. The smallest absolute Gasteiger partial charge is 0.152 e. The molecule has 7 nitrogen and oxygen atoms in total. The zero-order valence-electron chi connectivity index (χ0n) is 18.1. The van der Waals surface area contributed by atoms with Crippen LogP contribution in [0.25, 0.3) is 22.3 Å². The Bertz CT molecular complexity index is 1260. The van der Waals surface area contributed by atoms with Crippen molar-refractivity contribution < 1.29 is 5.11 Å². The highest BCUT2D eigenvalue weighted by molar-refractivity contribution is 6.37. The van der Waals surface area contributed by atoms with Gasteiger partial charge in [-0.3, -0.25) is 0 Å². The Balaban J connectivity index is 1.37. The predicted octanol–water partition coefficient (Wildman–Crippen LogP) is 5.00. The van der Waals surface area contributed by atoms with E-state index in [1.54, 1.807) is 12.1 Å². The van der Waals surface area contributed by atoms with Crippen LogP contribution in [0, 0.1) is 0 Å². The van der Waals surface area contributed by atoms with E-state index in [-0.39, 0.29) is 15.8 Å². The van der Waals surface area contributed by atoms with Crippen LogP contribution in [0.2, 0.25) is 10.0 Å². The van der Waals surface area contributed by atoms with E-state index in [2.05, 4.69) is 61.4 Å². The average Bonchev–Trinajstić information content (AvgIpc) is 3.25. The number of benzene rings is 2. The van der Waals surface area contributed by atoms with Gasteiger partial charge in [-0.05, 0) is 36.9 Å². The van der Waals surface area contributed by atoms with Gasteiger partial charge >= 0.3 is 0 Å². The molecule has 2 aromatic heterocycles. The number of hydrogen-bond acceptors (Lipinski definition) is 6. The third-order valence-electron chi connectivity index (χ3n) is 6.05. The number of fused-ring (bicyclic) bond motifs is 1. The second-order valence-electron chi connectivity index (χ2n) is 8.25. The maximum Gasteiger partial charge on any atom is 0.152 e. The molecule has 1 saturated heterocycles. The summed E-state index contributed by atoms with van der Waals surface area (Å²) in [4.78, 5) is 16.8. The highest BCUT2D eigenvalue weighted by Gasteiger charge is 2.17. The Morgan fingerprint density at radius 2 is 1.73 bits per heavy atom. The zero-order chi connectivity index (χ0) is 22.9. The van der Waals surface area contributed by atoms with Crippen molar-refractivity contribution in [3.05, 3.63) is 64.5 Å². The van der Waals surface area contributed by atoms with E-state index < -0.39 is 0 Å². The molecule has 0 unspecified atom stereocenters. The number of H-pyrrole nitrogens is 1. The minimum absolute atomic E-state index is 0.139. The molecule has 0 spiro atoms. The van der Waals surface area contributed by atoms with Gasteiger partial charge in [0.15, 0.2) is 5.75 Å². The Labute approximate surface area is 202 Å². The summed E-state index contributed by atoms with van der Waals surface area (Å²) in [5, 5.41) is 14.6. The van der Waals surface area contributed by atoms with Crippen molar-refractivity contribution >= 4 is 45.6 Å². The maximum absolute atomic E-state index is 9.91. The highest BCUT2D eigenvalue weighted by Crippen LogP contribution is 2.39. The molecule has 3 heterocycles. The summed E-state index contributed by atoms with van der Waals surface area (Å²) in [6.45, 7) is 4.94. The first-order valence-electron chi connectivity index (χ1n) is 10.8. The minimum Gasteiger partial charge on any atom is -0.505 e. The van der Waals surface area contributed by atoms with E-state index in [1.165, 1.54) is 17.6 Å². The molecular weight excluding hydrogens is 459 g/mol. The van der Waals surface area contributed by atoms with Gasteiger partial charge in [0.25, 0.3) is 0 Å². The van der Waals surface area contributed by atoms with E-state index in [1.807, 2.05) is 6.20 Å². The fourth-order valence-corrected chi connectivity index (χ4v) is 4.60. The molecule has 1 aliphatic heterocycles. The number of nitrogens with one attached hydrogen (secondary N) is 2. The number of likely N-dealkylation sites (N-methyl/N-ethyl adjacent to an activating group) is 1. The Kier molecular flexibility index (Phi) is 6.01. The Hall–Kier alpha value is -3.00. The lowest BCUT2D eigenvalue weighted by Crippen LogP contribution is -2.44. The second-order valence-corrected chi connectivity index (χ2v) is 9.06. The number of aromatic nitrogens is 3. The standard InChI is InChI=1S/C24H24Cl2N6O/c1-31-6-8-32(9-7-31)17-4-2-15(3-5-17)12-27-20-13-28-24-21(20)22(29-14-30-24)16-10-18(25)23(33)19(26)11-16/h2-5,10-11,13-14,27,33H,6-9,12H2,1H3,(H,28,29,30). The van der Waals surface area contributed by atoms with Crippen LogP contribution in [0.1, 0.15) is 5.56 Å². The number of hydrogen-bond donors (Lipinski definition) is 3. The van der Waals surface area contributed by atoms with Gasteiger partial charge in [0.05, 0.1) is 26.8 Å². The van der Waals surface area contributed by atoms with Crippen LogP contribution in [0.5, 0.6) is 5.75 Å². The lowest BCUT2D eigenvalue weighted by atomic mass is 10.1. The van der Waals surface area contributed by atoms with E-state index >= 15 is 0 Å². The first-order valence-corrected chi connectivity index (χ1v) is 11.5. The van der Waals surface area contributed by atoms with Crippen LogP contribution < -0.4 is 10.2 Å². The first-order chi connectivity index (χ1) is 16.0. The van der Waals surface area contributed by atoms with Gasteiger partial charge in [-0.15, -0.1) is 0 Å². The molecule has 170 valence electrons. The van der Waals surface area contributed by atoms with E-state index in [0.717, 1.165) is 37.3 Å². The van der Waals surface area contributed by atoms with E-state index in [0.29, 0.717) is 23.4 Å². The molecular formula is C24H24Cl2N6O. The topological polar surface area (TPSA) is 80.3 Å². The van der Waals surface area contributed by atoms with Gasteiger partial charge in [-0.1, -0.05) is 35.3 Å². The lowest BCUT2D eigenvalue weighted by molar-refractivity contribution is 0.313. The molecule has 0 bridgehead atoms. The molecule has 0 aliphatic carbocycles. The number of rotatable bonds is 5. The number of anilines is 2. The molecule has 0 radical (unpaired) electrons. The Morgan fingerprint density at radius 1 is 1.03 bits per heavy atom. The molecule has 0 atom stereocenters. The SMILES string of the molecule is CN1CCN(c2ccc(CNc3c[nH]c4ncnc(-c5cc(Cl)c(O)c(Cl)c5)c34)cc2)CC1. The van der Waals surface area contributed by atoms with Gasteiger partial charge in [0, 0.05) is 50.2 Å². The molecule has 4 aromatic rings. The van der Waals surface area contributed by atoms with Gasteiger partial charge < -0.3 is 25.2 Å². The quantitative estimate of drug-likeness (QED) is 0.371. The Morgan fingerprint density at radius 3 is 2.42 bits per heavy atom. The number of nitrogens with zero attached hydrogens (tertiary/aromatic N) is 4. The van der Waals surface area contributed by atoms with Crippen molar-refractivity contribution in [1.82, 2.24) is 19.9 Å². The monoisotopic (exact) mass is 482 g/mol. The van der Waals surface area contributed by atoms with Crippen molar-refractivity contribution in [2.24, 2.45) is 0 Å². The number of halogens is 2. The summed E-state index contributed by atoms with van der Waals surface area (Å²) in [5.74, 6) is -0.139. The van der Waals surface area contributed by atoms with Crippen molar-refractivity contribution in [1.29, 1.82) is 0 Å². The number of phenolic OH excluding ortho intramolecular Hbond substituents is 1. The van der Waals surface area contributed by atoms with E-state index in [9.17, 15) is 5.11 Å². The highest BCUT2D eigenvalue weighted by atomic mass is 35.5. The van der Waals surface area contributed by atoms with Gasteiger partial charge in [-0.2, -0.15) is 0 Å². The molecule has 0 amide bonds. The number of phenols is 1. The third kappa shape index (κ3) is 4.44. The molecule has 0 saturated carbocycles. The van der Waals surface area contributed by atoms with Crippen LogP contribution in [0.15, 0.2) is 48.9 Å². The molecule has 1 fully saturated rings. The van der Waals surface area contributed by atoms with Gasteiger partial charge in [0.1, 0.15) is 12.0 Å². The first kappa shape index (κ1) is 21.8. The van der Waals surface area contributed by atoms with Crippen molar-refractivity contribution in [3.63, 3.8) is 0 Å². The summed E-state index contributed by atoms with van der Waals surface area (Å²) in [5.41, 5.74) is 5.40. The van der Waals surface area contributed by atoms with Crippen LogP contribution >= 0.6 is 23.2 Å². The van der Waals surface area contributed by atoms with E-state index in [4.69, 9.17) is 23.2 Å². The van der Waals surface area contributed by atoms with Crippen molar-refractivity contribution in [2.45, 2.75) is 6.54 Å². The average molecular weight is 483 g/mol. The van der Waals surface area contributed by atoms with Crippen LogP contribution in [-0.2, 0) is 6.54 Å². The fourth-order valence-electron chi connectivity index (χ4n) is 4.11. The zero-order valence-corrected chi connectivity index (χ0v) is 19.7. The summed E-state index contributed by atoms with van der Waals surface area (Å²) in [7, 11) is 2.16. The molecule has 9 heteroatoms. The predicted molar refractivity (Wildman–Crippen MR) is 134 cm³/mol. The fraction of sp³-hybridized carbons (Fsp3) is 0.250. The van der Waals surface area contributed by atoms with Crippen LogP contribution in [-0.4, -0.2) is 58.2 Å². The maximum atomic E-state index is 9.91. The lowest BCUT2D eigenvalue weighted by Gasteiger charge is -2.34. The molecule has 33 heavy (non-hydrogen) atoms. The summed E-state index contributed by atoms with van der Waals surface area (Å²) < 4.78 is 0. The van der Waals surface area contributed by atoms with Crippen LogP contribution in [0.3, 0.4) is 0 Å². The minimum atomic E-state index is -0.139. The number of piperazine rings is 1. The van der Waals surface area contributed by atoms with Crippen molar-refractivity contribution in [2.75, 3.05) is 43.4 Å². The molecule has 1 aliphatic rings. The summed E-state index contributed by atoms with van der Waals surface area (Å²) in [6.07, 6.45) is 3.37. The normalized spacial score (nSPS) is 14.7. The molecule has 5 rings (SSSR count). The van der Waals surface area contributed by atoms with Crippen LogP contribution in [0.4, 0.5) is 11.4 Å². The van der Waals surface area contributed by atoms with Crippen molar-refractivity contribution in [3.8, 4) is 17.0 Å². The van der Waals surface area contributed by atoms with Gasteiger partial charge in [-0.25, -0.2) is 9.97 Å². The largest absolute Gasteiger partial charge is 0.505 e. The summed E-state index contributed by atoms with van der Waals surface area (Å²) >= 11 is 12.3. The number of aromatic amines is 1. The third-order valence-corrected chi connectivity index (χ3v) is 6.62.